The fraction of sp³-hybridized carbons (Fsp3) is 0.929. The van der Waals surface area contributed by atoms with Crippen molar-refractivity contribution in [2.75, 3.05) is 19.6 Å². The van der Waals surface area contributed by atoms with Crippen LogP contribution < -0.4 is 10.6 Å². The van der Waals surface area contributed by atoms with Gasteiger partial charge >= 0.3 is 0 Å². The molecule has 1 aliphatic heterocycles. The molecule has 1 atom stereocenters. The number of hydrogen-bond acceptors (Lipinski definition) is 2. The van der Waals surface area contributed by atoms with E-state index in [1.54, 1.807) is 0 Å². The fourth-order valence-electron chi connectivity index (χ4n) is 3.08. The normalized spacial score (nSPS) is 25.8. The van der Waals surface area contributed by atoms with E-state index in [2.05, 4.69) is 17.6 Å². The van der Waals surface area contributed by atoms with Gasteiger partial charge in [0.15, 0.2) is 0 Å². The van der Waals surface area contributed by atoms with Gasteiger partial charge in [0.2, 0.25) is 5.91 Å². The maximum atomic E-state index is 12.0. The number of carbonyl (C=O) groups excluding carboxylic acids is 1. The molecule has 98 valence electrons. The molecule has 1 heterocycles. The molecular weight excluding hydrogens is 212 g/mol. The molecule has 0 bridgehead atoms. The highest BCUT2D eigenvalue weighted by atomic mass is 16.2. The van der Waals surface area contributed by atoms with Gasteiger partial charge in [0.25, 0.3) is 0 Å². The summed E-state index contributed by atoms with van der Waals surface area (Å²) in [6, 6.07) is 0. The lowest BCUT2D eigenvalue weighted by Gasteiger charge is -2.23. The van der Waals surface area contributed by atoms with E-state index in [1.165, 1.54) is 32.1 Å². The van der Waals surface area contributed by atoms with Gasteiger partial charge in [-0.1, -0.05) is 26.2 Å². The van der Waals surface area contributed by atoms with Gasteiger partial charge in [0.1, 0.15) is 0 Å². The summed E-state index contributed by atoms with van der Waals surface area (Å²) in [4.78, 5) is 12.0. The summed E-state index contributed by atoms with van der Waals surface area (Å²) in [6.45, 7) is 5.29. The Hall–Kier alpha value is -0.570. The van der Waals surface area contributed by atoms with Crippen LogP contribution in [-0.4, -0.2) is 25.5 Å². The van der Waals surface area contributed by atoms with Gasteiger partial charge in [-0.25, -0.2) is 0 Å². The van der Waals surface area contributed by atoms with Crippen LogP contribution in [-0.2, 0) is 4.79 Å². The molecule has 1 spiro atoms. The zero-order valence-electron chi connectivity index (χ0n) is 11.1. The van der Waals surface area contributed by atoms with Crippen molar-refractivity contribution < 1.29 is 4.79 Å². The molecule has 17 heavy (non-hydrogen) atoms. The van der Waals surface area contributed by atoms with Crippen molar-refractivity contribution in [2.24, 2.45) is 11.3 Å². The number of amides is 1. The van der Waals surface area contributed by atoms with Gasteiger partial charge in [0, 0.05) is 12.5 Å². The minimum Gasteiger partial charge on any atom is -0.356 e. The maximum absolute atomic E-state index is 12.0. The van der Waals surface area contributed by atoms with Crippen molar-refractivity contribution in [1.82, 2.24) is 10.6 Å². The quantitative estimate of drug-likeness (QED) is 0.696. The Morgan fingerprint density at radius 1 is 1.29 bits per heavy atom. The average molecular weight is 238 g/mol. The van der Waals surface area contributed by atoms with Gasteiger partial charge in [-0.05, 0) is 44.2 Å². The predicted molar refractivity (Wildman–Crippen MR) is 69.8 cm³/mol. The zero-order valence-corrected chi connectivity index (χ0v) is 11.1. The van der Waals surface area contributed by atoms with Crippen LogP contribution in [0.4, 0.5) is 0 Å². The van der Waals surface area contributed by atoms with Crippen molar-refractivity contribution in [1.29, 1.82) is 0 Å². The molecule has 0 aromatic heterocycles. The summed E-state index contributed by atoms with van der Waals surface area (Å²) in [5, 5.41) is 6.49. The Bertz CT molecular complexity index is 259. The summed E-state index contributed by atoms with van der Waals surface area (Å²) < 4.78 is 0. The Morgan fingerprint density at radius 3 is 2.76 bits per heavy atom. The minimum absolute atomic E-state index is 0.323. The molecule has 1 unspecified atom stereocenters. The van der Waals surface area contributed by atoms with Crippen molar-refractivity contribution >= 4 is 5.91 Å². The lowest BCUT2D eigenvalue weighted by atomic mass is 9.92. The van der Waals surface area contributed by atoms with Crippen LogP contribution in [0.5, 0.6) is 0 Å². The summed E-state index contributed by atoms with van der Waals surface area (Å²) in [5.74, 6) is 0.652. The Morgan fingerprint density at radius 2 is 2.06 bits per heavy atom. The third-order valence-electron chi connectivity index (χ3n) is 4.44. The average Bonchev–Trinajstić information content (AvgIpc) is 3.03. The summed E-state index contributed by atoms with van der Waals surface area (Å²) in [5.41, 5.74) is 0.388. The number of rotatable bonds is 6. The second-order valence-electron chi connectivity index (χ2n) is 5.72. The Labute approximate surface area is 105 Å². The number of nitrogens with one attached hydrogen (secondary N) is 2. The molecule has 0 aromatic carbocycles. The van der Waals surface area contributed by atoms with E-state index in [-0.39, 0.29) is 0 Å². The van der Waals surface area contributed by atoms with Gasteiger partial charge < -0.3 is 10.6 Å². The number of piperidine rings is 1. The lowest BCUT2D eigenvalue weighted by Crippen LogP contribution is -2.34. The second kappa shape index (κ2) is 5.85. The van der Waals surface area contributed by atoms with E-state index in [4.69, 9.17) is 0 Å². The first kappa shape index (κ1) is 12.9. The molecule has 2 aliphatic rings. The van der Waals surface area contributed by atoms with Gasteiger partial charge in [-0.15, -0.1) is 0 Å². The molecule has 2 N–H and O–H groups in total. The molecular formula is C14H26N2O. The standard InChI is InChI=1S/C14H26N2O/c1-2-3-4-5-8-16-13(17)12-11-14(12)6-9-15-10-7-14/h12,15H,2-11H2,1H3,(H,16,17). The topological polar surface area (TPSA) is 41.1 Å². The largest absolute Gasteiger partial charge is 0.356 e. The van der Waals surface area contributed by atoms with Gasteiger partial charge in [0.05, 0.1) is 0 Å². The Balaban J connectivity index is 1.61. The van der Waals surface area contributed by atoms with E-state index >= 15 is 0 Å². The molecule has 0 radical (unpaired) electrons. The van der Waals surface area contributed by atoms with Crippen LogP contribution in [0.1, 0.15) is 51.9 Å². The molecule has 1 aliphatic carbocycles. The monoisotopic (exact) mass is 238 g/mol. The number of carbonyl (C=O) groups is 1. The van der Waals surface area contributed by atoms with E-state index in [0.29, 0.717) is 17.2 Å². The molecule has 1 saturated heterocycles. The molecule has 0 aromatic rings. The highest BCUT2D eigenvalue weighted by Crippen LogP contribution is 2.58. The minimum atomic E-state index is 0.323. The van der Waals surface area contributed by atoms with Crippen LogP contribution in [0.2, 0.25) is 0 Å². The van der Waals surface area contributed by atoms with Crippen LogP contribution in [0.25, 0.3) is 0 Å². The first-order chi connectivity index (χ1) is 8.28. The lowest BCUT2D eigenvalue weighted by molar-refractivity contribution is -0.123. The highest BCUT2D eigenvalue weighted by Gasteiger charge is 2.57. The summed E-state index contributed by atoms with van der Waals surface area (Å²) in [7, 11) is 0. The second-order valence-corrected chi connectivity index (χ2v) is 5.72. The molecule has 3 nitrogen and oxygen atoms in total. The van der Waals surface area contributed by atoms with Crippen molar-refractivity contribution in [3.05, 3.63) is 0 Å². The first-order valence-corrected chi connectivity index (χ1v) is 7.27. The van der Waals surface area contributed by atoms with Crippen molar-refractivity contribution in [3.8, 4) is 0 Å². The van der Waals surface area contributed by atoms with Crippen LogP contribution in [0.15, 0.2) is 0 Å². The van der Waals surface area contributed by atoms with Gasteiger partial charge in [-0.3, -0.25) is 4.79 Å². The first-order valence-electron chi connectivity index (χ1n) is 7.27. The van der Waals surface area contributed by atoms with Crippen molar-refractivity contribution in [3.63, 3.8) is 0 Å². The SMILES string of the molecule is CCCCCCNC(=O)C1CC12CCNCC2. The van der Waals surface area contributed by atoms with Crippen molar-refractivity contribution in [2.45, 2.75) is 51.9 Å². The smallest absolute Gasteiger partial charge is 0.223 e. The molecule has 1 amide bonds. The molecule has 2 fully saturated rings. The van der Waals surface area contributed by atoms with E-state index in [0.717, 1.165) is 32.5 Å². The molecule has 1 saturated carbocycles. The maximum Gasteiger partial charge on any atom is 0.223 e. The molecule has 2 rings (SSSR count). The van der Waals surface area contributed by atoms with Crippen LogP contribution in [0.3, 0.4) is 0 Å². The molecule has 3 heteroatoms. The van der Waals surface area contributed by atoms with Crippen LogP contribution in [0, 0.1) is 11.3 Å². The fourth-order valence-corrected chi connectivity index (χ4v) is 3.08. The number of hydrogen-bond donors (Lipinski definition) is 2. The zero-order chi connectivity index (χ0) is 12.1. The van der Waals surface area contributed by atoms with E-state index in [1.807, 2.05) is 0 Å². The third kappa shape index (κ3) is 3.21. The van der Waals surface area contributed by atoms with E-state index < -0.39 is 0 Å². The summed E-state index contributed by atoms with van der Waals surface area (Å²) in [6.07, 6.45) is 8.45. The van der Waals surface area contributed by atoms with Gasteiger partial charge in [-0.2, -0.15) is 0 Å². The Kier molecular flexibility index (Phi) is 4.43. The number of unbranched alkanes of at least 4 members (excludes halogenated alkanes) is 3. The highest BCUT2D eigenvalue weighted by molar-refractivity contribution is 5.82. The van der Waals surface area contributed by atoms with Crippen LogP contribution >= 0.6 is 0 Å². The predicted octanol–water partition coefficient (Wildman–Crippen LogP) is 2.07. The summed E-state index contributed by atoms with van der Waals surface area (Å²) >= 11 is 0. The van der Waals surface area contributed by atoms with E-state index in [9.17, 15) is 4.79 Å². The third-order valence-corrected chi connectivity index (χ3v) is 4.44.